The van der Waals surface area contributed by atoms with Gasteiger partial charge >= 0.3 is 14.6 Å². The highest BCUT2D eigenvalue weighted by Gasteiger charge is 2.50. The summed E-state index contributed by atoms with van der Waals surface area (Å²) in [5.74, 6) is 1.48. The first-order valence-electron chi connectivity index (χ1n) is 12.8. The molecule has 2 atom stereocenters. The lowest BCUT2D eigenvalue weighted by molar-refractivity contribution is 0.180. The zero-order valence-electron chi connectivity index (χ0n) is 21.5. The molecule has 0 N–H and O–H groups in total. The predicted octanol–water partition coefficient (Wildman–Crippen LogP) is 7.17. The van der Waals surface area contributed by atoms with Gasteiger partial charge in [0.05, 0.1) is 12.1 Å². The molecule has 192 valence electrons. The minimum absolute atomic E-state index is 0.00670. The van der Waals surface area contributed by atoms with Crippen LogP contribution >= 0.6 is 8.53 Å². The fourth-order valence-electron chi connectivity index (χ4n) is 5.28. The molecule has 2 aliphatic rings. The number of fused-ring (bicyclic) bond motifs is 5. The molecular formula is C31H30N3O3P. The van der Waals surface area contributed by atoms with E-state index in [1.807, 2.05) is 101 Å². The quantitative estimate of drug-likeness (QED) is 0.260. The zero-order chi connectivity index (χ0) is 26.1. The number of benzene rings is 4. The van der Waals surface area contributed by atoms with E-state index in [1.54, 1.807) is 0 Å². The first-order valence-corrected chi connectivity index (χ1v) is 13.9. The third-order valence-corrected chi connectivity index (χ3v) is 8.37. The van der Waals surface area contributed by atoms with E-state index in [0.29, 0.717) is 13.1 Å². The van der Waals surface area contributed by atoms with Gasteiger partial charge in [0.15, 0.2) is 0 Å². The Balaban J connectivity index is 1.56. The van der Waals surface area contributed by atoms with Gasteiger partial charge in [-0.3, -0.25) is 0 Å². The van der Waals surface area contributed by atoms with Gasteiger partial charge in [-0.15, -0.1) is 0 Å². The second-order valence-corrected chi connectivity index (χ2v) is 11.4. The molecule has 0 saturated carbocycles. The minimum atomic E-state index is -1.41. The molecule has 1 saturated heterocycles. The summed E-state index contributed by atoms with van der Waals surface area (Å²) in [6.07, 6.45) is 0. The highest BCUT2D eigenvalue weighted by Crippen LogP contribution is 2.55. The second kappa shape index (κ2) is 10.5. The van der Waals surface area contributed by atoms with Gasteiger partial charge in [0.2, 0.25) is 0 Å². The van der Waals surface area contributed by atoms with Crippen molar-refractivity contribution in [3.63, 3.8) is 0 Å². The largest absolute Gasteiger partial charge is 0.427 e. The molecule has 4 aromatic carbocycles. The molecular weight excluding hydrogens is 493 g/mol. The van der Waals surface area contributed by atoms with Gasteiger partial charge in [-0.05, 0) is 37.4 Å². The number of carbonyl (C=O) groups excluding carboxylic acids is 1. The van der Waals surface area contributed by atoms with Gasteiger partial charge in [-0.1, -0.05) is 97.1 Å². The predicted molar refractivity (Wildman–Crippen MR) is 150 cm³/mol. The standard InChI is InChI=1S/C31H30N3O3P/c1-32(2)38-36-27-19-11-9-17-25(27)29-30(26-18-10-12-20-28(26)37-38)34(22-24-15-7-4-8-16-24)31(35)33(29)21-23-13-5-3-6-14-23/h3-20,29-30H,21-22H2,1-2H3/t29-,30-/m0/s1. The molecule has 2 aliphatic heterocycles. The van der Waals surface area contributed by atoms with Crippen molar-refractivity contribution in [2.75, 3.05) is 14.1 Å². The Labute approximate surface area is 225 Å². The number of para-hydroxylation sites is 2. The number of nitrogens with zero attached hydrogens (tertiary/aromatic N) is 3. The van der Waals surface area contributed by atoms with Crippen molar-refractivity contribution in [3.8, 4) is 11.5 Å². The monoisotopic (exact) mass is 523 g/mol. The summed E-state index contributed by atoms with van der Waals surface area (Å²) >= 11 is 0. The first kappa shape index (κ1) is 24.5. The molecule has 2 amide bonds. The summed E-state index contributed by atoms with van der Waals surface area (Å²) in [5, 5.41) is 0. The molecule has 0 unspecified atom stereocenters. The average molecular weight is 524 g/mol. The smallest absolute Gasteiger partial charge is 0.384 e. The van der Waals surface area contributed by atoms with Crippen molar-refractivity contribution in [1.29, 1.82) is 0 Å². The molecule has 0 aromatic heterocycles. The Bertz CT molecular complexity index is 1310. The van der Waals surface area contributed by atoms with Gasteiger partial charge in [-0.25, -0.2) is 9.46 Å². The number of amides is 2. The van der Waals surface area contributed by atoms with Crippen molar-refractivity contribution < 1.29 is 13.8 Å². The molecule has 0 radical (unpaired) electrons. The van der Waals surface area contributed by atoms with E-state index in [0.717, 1.165) is 33.8 Å². The molecule has 38 heavy (non-hydrogen) atoms. The molecule has 7 heteroatoms. The Morgan fingerprint density at radius 1 is 0.632 bits per heavy atom. The molecule has 0 spiro atoms. The van der Waals surface area contributed by atoms with Gasteiger partial charge in [-0.2, -0.15) is 0 Å². The van der Waals surface area contributed by atoms with Crippen LogP contribution < -0.4 is 9.05 Å². The highest BCUT2D eigenvalue weighted by molar-refractivity contribution is 7.45. The maximum Gasteiger partial charge on any atom is 0.384 e. The van der Waals surface area contributed by atoms with Gasteiger partial charge in [0.1, 0.15) is 11.5 Å². The lowest BCUT2D eigenvalue weighted by Gasteiger charge is -2.29. The van der Waals surface area contributed by atoms with E-state index in [1.165, 1.54) is 0 Å². The lowest BCUT2D eigenvalue weighted by Crippen LogP contribution is -2.32. The highest BCUT2D eigenvalue weighted by atomic mass is 31.2. The number of hydrogen-bond acceptors (Lipinski definition) is 4. The van der Waals surface area contributed by atoms with Crippen molar-refractivity contribution in [3.05, 3.63) is 131 Å². The topological polar surface area (TPSA) is 45.3 Å². The number of hydrogen-bond donors (Lipinski definition) is 0. The van der Waals surface area contributed by atoms with Gasteiger partial charge < -0.3 is 18.8 Å². The minimum Gasteiger partial charge on any atom is -0.427 e. The van der Waals surface area contributed by atoms with E-state index < -0.39 is 8.53 Å². The molecule has 0 aliphatic carbocycles. The number of carbonyl (C=O) groups is 1. The number of urea groups is 1. The summed E-state index contributed by atoms with van der Waals surface area (Å²) in [4.78, 5) is 18.3. The SMILES string of the molecule is CN(C)P1Oc2ccccc2[C@H]2[C@H](c3ccccc3O1)N(Cc1ccccc1)C(=O)N2Cc1ccccc1. The molecule has 1 fully saturated rings. The van der Waals surface area contributed by atoms with Crippen molar-refractivity contribution in [1.82, 2.24) is 14.5 Å². The van der Waals surface area contributed by atoms with Crippen molar-refractivity contribution >= 4 is 14.6 Å². The Kier molecular flexibility index (Phi) is 6.75. The van der Waals surface area contributed by atoms with Crippen LogP contribution in [0.1, 0.15) is 34.3 Å². The van der Waals surface area contributed by atoms with Crippen LogP contribution in [0.25, 0.3) is 0 Å². The summed E-state index contributed by atoms with van der Waals surface area (Å²) in [7, 11) is 2.51. The van der Waals surface area contributed by atoms with E-state index in [-0.39, 0.29) is 18.1 Å². The summed E-state index contributed by atoms with van der Waals surface area (Å²) in [6, 6.07) is 35.9. The summed E-state index contributed by atoms with van der Waals surface area (Å²) in [6.45, 7) is 0.984. The molecule has 2 heterocycles. The van der Waals surface area contributed by atoms with Crippen LogP contribution in [0.2, 0.25) is 0 Å². The van der Waals surface area contributed by atoms with E-state index >= 15 is 0 Å². The normalized spacial score (nSPS) is 19.0. The van der Waals surface area contributed by atoms with Gasteiger partial charge in [0.25, 0.3) is 0 Å². The third kappa shape index (κ3) is 4.62. The van der Waals surface area contributed by atoms with Crippen LogP contribution in [0.4, 0.5) is 4.79 Å². The maximum atomic E-state index is 14.3. The fourth-order valence-corrected chi connectivity index (χ4v) is 6.31. The van der Waals surface area contributed by atoms with Crippen molar-refractivity contribution in [2.24, 2.45) is 0 Å². The summed E-state index contributed by atoms with van der Waals surface area (Å²) < 4.78 is 15.1. The third-order valence-electron chi connectivity index (χ3n) is 7.01. The van der Waals surface area contributed by atoms with Crippen molar-refractivity contribution in [2.45, 2.75) is 25.2 Å². The average Bonchev–Trinajstić information content (AvgIpc) is 3.23. The molecule has 0 bridgehead atoms. The second-order valence-electron chi connectivity index (χ2n) is 9.74. The first-order chi connectivity index (χ1) is 18.6. The summed E-state index contributed by atoms with van der Waals surface area (Å²) in [5.41, 5.74) is 4.12. The van der Waals surface area contributed by atoms with Crippen LogP contribution in [-0.4, -0.2) is 34.6 Å². The zero-order valence-corrected chi connectivity index (χ0v) is 22.4. The number of rotatable bonds is 5. The van der Waals surface area contributed by atoms with Crippen LogP contribution in [0.15, 0.2) is 109 Å². The van der Waals surface area contributed by atoms with E-state index in [2.05, 4.69) is 36.4 Å². The Morgan fingerprint density at radius 2 is 1.03 bits per heavy atom. The van der Waals surface area contributed by atoms with E-state index in [4.69, 9.17) is 9.05 Å². The Hall–Kier alpha value is -3.86. The van der Waals surface area contributed by atoms with E-state index in [9.17, 15) is 4.79 Å². The fraction of sp³-hybridized carbons (Fsp3) is 0.194. The maximum absolute atomic E-state index is 14.3. The molecule has 4 aromatic rings. The lowest BCUT2D eigenvalue weighted by atomic mass is 9.91. The van der Waals surface area contributed by atoms with Crippen LogP contribution in [-0.2, 0) is 13.1 Å². The van der Waals surface area contributed by atoms with Crippen LogP contribution in [0, 0.1) is 0 Å². The molecule has 6 rings (SSSR count). The molecule has 6 nitrogen and oxygen atoms in total. The Morgan fingerprint density at radius 3 is 1.45 bits per heavy atom. The van der Waals surface area contributed by atoms with Crippen LogP contribution in [0.3, 0.4) is 0 Å². The van der Waals surface area contributed by atoms with Crippen LogP contribution in [0.5, 0.6) is 11.5 Å². The van der Waals surface area contributed by atoms with Gasteiger partial charge in [0, 0.05) is 24.2 Å².